The molecule has 0 spiro atoms. The fourth-order valence-electron chi connectivity index (χ4n) is 1.60. The number of nitrogens with zero attached hydrogens (tertiary/aromatic N) is 1. The average molecular weight is 274 g/mol. The van der Waals surface area contributed by atoms with E-state index < -0.39 is 28.5 Å². The van der Waals surface area contributed by atoms with E-state index in [1.54, 1.807) is 13.8 Å². The Labute approximate surface area is 102 Å². The van der Waals surface area contributed by atoms with Crippen LogP contribution < -0.4 is 5.32 Å². The van der Waals surface area contributed by atoms with Crippen molar-refractivity contribution in [1.29, 1.82) is 0 Å². The van der Waals surface area contributed by atoms with E-state index in [1.807, 2.05) is 5.32 Å². The summed E-state index contributed by atoms with van der Waals surface area (Å²) in [5.74, 6) is -0.608. The van der Waals surface area contributed by atoms with Crippen LogP contribution in [0.25, 0.3) is 0 Å². The predicted molar refractivity (Wildman–Crippen MR) is 61.2 cm³/mol. The Balaban J connectivity index is 2.47. The Hall–Kier alpha value is -1.41. The van der Waals surface area contributed by atoms with Crippen LogP contribution >= 0.6 is 11.3 Å². The maximum atomic E-state index is 12.1. The summed E-state index contributed by atoms with van der Waals surface area (Å²) in [6.45, 7) is 3.00. The SMILES string of the molecule is Cc1cc(S(=O)(=O)N2CC(=O)NC2=O)c(C)s1. The number of imide groups is 1. The summed E-state index contributed by atoms with van der Waals surface area (Å²) in [5, 5.41) is 1.94. The first kappa shape index (κ1) is 12.1. The summed E-state index contributed by atoms with van der Waals surface area (Å²) in [5.41, 5.74) is 0. The normalized spacial score (nSPS) is 16.5. The van der Waals surface area contributed by atoms with Crippen molar-refractivity contribution in [3.8, 4) is 0 Å². The molecule has 0 unspecified atom stereocenters. The van der Waals surface area contributed by atoms with Crippen LogP contribution in [0.15, 0.2) is 11.0 Å². The minimum atomic E-state index is -3.92. The first-order valence-corrected chi connectivity index (χ1v) is 7.01. The number of amides is 3. The van der Waals surface area contributed by atoms with Gasteiger partial charge >= 0.3 is 6.03 Å². The lowest BCUT2D eigenvalue weighted by atomic mass is 10.4. The third-order valence-electron chi connectivity index (χ3n) is 2.32. The maximum Gasteiger partial charge on any atom is 0.338 e. The minimum Gasteiger partial charge on any atom is -0.275 e. The van der Waals surface area contributed by atoms with E-state index in [0.29, 0.717) is 9.18 Å². The average Bonchev–Trinajstić information content (AvgIpc) is 2.70. The van der Waals surface area contributed by atoms with Crippen LogP contribution in [0.1, 0.15) is 9.75 Å². The van der Waals surface area contributed by atoms with Crippen LogP contribution in [-0.2, 0) is 14.8 Å². The van der Waals surface area contributed by atoms with Gasteiger partial charge in [0.2, 0.25) is 5.91 Å². The number of sulfonamides is 1. The van der Waals surface area contributed by atoms with Gasteiger partial charge in [-0.15, -0.1) is 11.3 Å². The molecule has 6 nitrogen and oxygen atoms in total. The van der Waals surface area contributed by atoms with E-state index >= 15 is 0 Å². The van der Waals surface area contributed by atoms with Crippen molar-refractivity contribution < 1.29 is 18.0 Å². The smallest absolute Gasteiger partial charge is 0.275 e. The van der Waals surface area contributed by atoms with Crippen molar-refractivity contribution >= 4 is 33.3 Å². The molecule has 1 fully saturated rings. The molecule has 17 heavy (non-hydrogen) atoms. The Morgan fingerprint density at radius 3 is 2.41 bits per heavy atom. The van der Waals surface area contributed by atoms with E-state index in [1.165, 1.54) is 17.4 Å². The largest absolute Gasteiger partial charge is 0.338 e. The molecule has 1 aromatic rings. The van der Waals surface area contributed by atoms with Crippen molar-refractivity contribution in [3.05, 3.63) is 15.8 Å². The molecule has 8 heteroatoms. The Bertz CT molecular complexity index is 603. The second-order valence-electron chi connectivity index (χ2n) is 3.64. The molecule has 1 saturated heterocycles. The number of hydrogen-bond donors (Lipinski definition) is 1. The van der Waals surface area contributed by atoms with Crippen molar-refractivity contribution in [3.63, 3.8) is 0 Å². The third-order valence-corrected chi connectivity index (χ3v) is 5.27. The molecular formula is C9H10N2O4S2. The molecule has 0 bridgehead atoms. The lowest BCUT2D eigenvalue weighted by Gasteiger charge is -2.13. The highest BCUT2D eigenvalue weighted by atomic mass is 32.2. The summed E-state index contributed by atoms with van der Waals surface area (Å²) < 4.78 is 24.8. The second-order valence-corrected chi connectivity index (χ2v) is 6.93. The lowest BCUT2D eigenvalue weighted by molar-refractivity contribution is -0.118. The zero-order chi connectivity index (χ0) is 12.8. The van der Waals surface area contributed by atoms with Gasteiger partial charge in [-0.1, -0.05) is 0 Å². The van der Waals surface area contributed by atoms with Gasteiger partial charge in [0.25, 0.3) is 10.0 Å². The number of rotatable bonds is 2. The number of urea groups is 1. The fourth-order valence-corrected chi connectivity index (χ4v) is 4.41. The van der Waals surface area contributed by atoms with Gasteiger partial charge in [-0.3, -0.25) is 10.1 Å². The first-order valence-electron chi connectivity index (χ1n) is 4.76. The Kier molecular flexibility index (Phi) is 2.70. The van der Waals surface area contributed by atoms with E-state index in [9.17, 15) is 18.0 Å². The summed E-state index contributed by atoms with van der Waals surface area (Å²) in [6.07, 6.45) is 0. The fraction of sp³-hybridized carbons (Fsp3) is 0.333. The summed E-state index contributed by atoms with van der Waals surface area (Å²) >= 11 is 1.33. The number of carbonyl (C=O) groups is 2. The molecule has 3 amide bonds. The topological polar surface area (TPSA) is 83.6 Å². The molecule has 1 aliphatic heterocycles. The van der Waals surface area contributed by atoms with Crippen LogP contribution in [0.3, 0.4) is 0 Å². The summed E-state index contributed by atoms with van der Waals surface area (Å²) in [6, 6.07) is 0.615. The summed E-state index contributed by atoms with van der Waals surface area (Å²) in [4.78, 5) is 23.9. The van der Waals surface area contributed by atoms with Gasteiger partial charge in [0.05, 0.1) is 0 Å². The molecule has 0 aromatic carbocycles. The van der Waals surface area contributed by atoms with Gasteiger partial charge in [-0.2, -0.15) is 0 Å². The highest BCUT2D eigenvalue weighted by Gasteiger charge is 2.38. The van der Waals surface area contributed by atoms with E-state index in [-0.39, 0.29) is 4.90 Å². The van der Waals surface area contributed by atoms with E-state index in [4.69, 9.17) is 0 Å². The second kappa shape index (κ2) is 3.81. The van der Waals surface area contributed by atoms with Gasteiger partial charge in [-0.25, -0.2) is 17.5 Å². The number of aryl methyl sites for hydroxylation is 2. The monoisotopic (exact) mass is 274 g/mol. The lowest BCUT2D eigenvalue weighted by Crippen LogP contribution is -2.34. The van der Waals surface area contributed by atoms with Gasteiger partial charge in [0.15, 0.2) is 0 Å². The van der Waals surface area contributed by atoms with Crippen molar-refractivity contribution in [1.82, 2.24) is 9.62 Å². The van der Waals surface area contributed by atoms with Gasteiger partial charge in [0.1, 0.15) is 11.4 Å². The molecule has 1 N–H and O–H groups in total. The van der Waals surface area contributed by atoms with E-state index in [2.05, 4.69) is 0 Å². The molecule has 0 saturated carbocycles. The number of hydrogen-bond acceptors (Lipinski definition) is 5. The molecule has 0 atom stereocenters. The van der Waals surface area contributed by atoms with Crippen molar-refractivity contribution in [2.75, 3.05) is 6.54 Å². The van der Waals surface area contributed by atoms with E-state index in [0.717, 1.165) is 4.88 Å². The quantitative estimate of drug-likeness (QED) is 0.801. The third kappa shape index (κ3) is 1.93. The van der Waals surface area contributed by atoms with Crippen LogP contribution in [0.4, 0.5) is 4.79 Å². The Morgan fingerprint density at radius 2 is 2.00 bits per heavy atom. The van der Waals surface area contributed by atoms with Crippen LogP contribution in [0, 0.1) is 13.8 Å². The highest BCUT2D eigenvalue weighted by molar-refractivity contribution is 7.90. The highest BCUT2D eigenvalue weighted by Crippen LogP contribution is 2.28. The Morgan fingerprint density at radius 1 is 1.35 bits per heavy atom. The maximum absolute atomic E-state index is 12.1. The van der Waals surface area contributed by atoms with Gasteiger partial charge < -0.3 is 0 Å². The minimum absolute atomic E-state index is 0.0878. The van der Waals surface area contributed by atoms with Gasteiger partial charge in [-0.05, 0) is 19.9 Å². The molecule has 0 aliphatic carbocycles. The standard InChI is InChI=1S/C9H10N2O4S2/c1-5-3-7(6(2)16-5)17(14,15)11-4-8(12)10-9(11)13/h3H,4H2,1-2H3,(H,10,12,13). The molecular weight excluding hydrogens is 264 g/mol. The van der Waals surface area contributed by atoms with Gasteiger partial charge in [0, 0.05) is 9.75 Å². The first-order chi connectivity index (χ1) is 7.82. The zero-order valence-corrected chi connectivity index (χ0v) is 10.8. The van der Waals surface area contributed by atoms with Crippen LogP contribution in [0.2, 0.25) is 0 Å². The number of carbonyl (C=O) groups excluding carboxylic acids is 2. The zero-order valence-electron chi connectivity index (χ0n) is 9.18. The molecule has 92 valence electrons. The predicted octanol–water partition coefficient (Wildman–Crippen LogP) is 0.605. The molecule has 1 aliphatic rings. The molecule has 2 heterocycles. The van der Waals surface area contributed by atoms with Crippen molar-refractivity contribution in [2.45, 2.75) is 18.7 Å². The van der Waals surface area contributed by atoms with Crippen molar-refractivity contribution in [2.24, 2.45) is 0 Å². The number of thiophene rings is 1. The molecule has 1 aromatic heterocycles. The molecule has 2 rings (SSSR count). The van der Waals surface area contributed by atoms with Crippen LogP contribution in [-0.4, -0.2) is 31.2 Å². The number of nitrogens with one attached hydrogen (secondary N) is 1. The van der Waals surface area contributed by atoms with Crippen LogP contribution in [0.5, 0.6) is 0 Å². The summed E-state index contributed by atoms with van der Waals surface area (Å²) in [7, 11) is -3.92. The molecule has 0 radical (unpaired) electrons.